The van der Waals surface area contributed by atoms with Crippen LogP contribution in [-0.4, -0.2) is 26.9 Å². The SMILES string of the molecule is CC1Cc2ccccc2N1S(=O)(=O)c1cc2c3c(c1)CCN3C(=O)CC2. The second-order valence-corrected chi connectivity index (χ2v) is 9.18. The van der Waals surface area contributed by atoms with Gasteiger partial charge in [-0.25, -0.2) is 8.42 Å². The molecule has 6 heteroatoms. The van der Waals surface area contributed by atoms with Crippen LogP contribution in [0.4, 0.5) is 11.4 Å². The molecule has 0 aliphatic carbocycles. The minimum atomic E-state index is -3.63. The van der Waals surface area contributed by atoms with E-state index in [0.29, 0.717) is 24.3 Å². The van der Waals surface area contributed by atoms with Gasteiger partial charge in [-0.05, 0) is 61.1 Å². The second kappa shape index (κ2) is 5.33. The first-order chi connectivity index (χ1) is 12.5. The van der Waals surface area contributed by atoms with E-state index in [1.165, 1.54) is 0 Å². The van der Waals surface area contributed by atoms with Crippen molar-refractivity contribution in [3.8, 4) is 0 Å². The highest BCUT2D eigenvalue weighted by molar-refractivity contribution is 7.92. The summed E-state index contributed by atoms with van der Waals surface area (Å²) < 4.78 is 28.5. The number of rotatable bonds is 2. The molecule has 134 valence electrons. The highest BCUT2D eigenvalue weighted by atomic mass is 32.2. The Labute approximate surface area is 153 Å². The normalized spacial score (nSPS) is 21.1. The van der Waals surface area contributed by atoms with Gasteiger partial charge in [-0.15, -0.1) is 0 Å². The van der Waals surface area contributed by atoms with Gasteiger partial charge in [0.25, 0.3) is 10.0 Å². The number of amides is 1. The lowest BCUT2D eigenvalue weighted by Gasteiger charge is -2.28. The van der Waals surface area contributed by atoms with Crippen LogP contribution in [0.2, 0.25) is 0 Å². The molecule has 0 aromatic heterocycles. The Bertz CT molecular complexity index is 1050. The molecule has 1 atom stereocenters. The van der Waals surface area contributed by atoms with E-state index in [4.69, 9.17) is 0 Å². The van der Waals surface area contributed by atoms with Gasteiger partial charge in [0.15, 0.2) is 0 Å². The van der Waals surface area contributed by atoms with Gasteiger partial charge in [-0.3, -0.25) is 9.10 Å². The Hall–Kier alpha value is -2.34. The number of hydrogen-bond acceptors (Lipinski definition) is 3. The molecule has 0 N–H and O–H groups in total. The molecule has 2 aromatic carbocycles. The number of carbonyl (C=O) groups is 1. The number of carbonyl (C=O) groups excluding carboxylic acids is 1. The molecule has 0 saturated carbocycles. The Kier molecular flexibility index (Phi) is 3.26. The van der Waals surface area contributed by atoms with Gasteiger partial charge in [-0.1, -0.05) is 18.2 Å². The molecule has 5 nitrogen and oxygen atoms in total. The van der Waals surface area contributed by atoms with E-state index in [1.54, 1.807) is 16.4 Å². The average molecular weight is 368 g/mol. The number of sulfonamides is 1. The molecular formula is C20H20N2O3S. The number of fused-ring (bicyclic) bond motifs is 1. The van der Waals surface area contributed by atoms with E-state index < -0.39 is 10.0 Å². The molecule has 2 aromatic rings. The highest BCUT2D eigenvalue weighted by Crippen LogP contribution is 2.41. The monoisotopic (exact) mass is 368 g/mol. The van der Waals surface area contributed by atoms with Crippen LogP contribution in [-0.2, 0) is 34.1 Å². The predicted octanol–water partition coefficient (Wildman–Crippen LogP) is 2.66. The van der Waals surface area contributed by atoms with Crippen LogP contribution in [0.25, 0.3) is 0 Å². The third-order valence-corrected chi connectivity index (χ3v) is 7.63. The van der Waals surface area contributed by atoms with Crippen molar-refractivity contribution < 1.29 is 13.2 Å². The molecule has 0 fully saturated rings. The molecule has 0 bridgehead atoms. The van der Waals surface area contributed by atoms with Crippen molar-refractivity contribution in [3.05, 3.63) is 53.1 Å². The minimum absolute atomic E-state index is 0.0971. The standard InChI is InChI=1S/C20H20N2O3S/c1-13-10-14-4-2-3-5-18(14)22(13)26(24,25)17-11-15-6-7-19(23)21-9-8-16(12-17)20(15)21/h2-5,11-13H,6-10H2,1H3. The van der Waals surface area contributed by atoms with Gasteiger partial charge in [0.2, 0.25) is 5.91 Å². The van der Waals surface area contributed by atoms with Crippen molar-refractivity contribution >= 4 is 27.3 Å². The summed E-state index contributed by atoms with van der Waals surface area (Å²) in [4.78, 5) is 14.3. The lowest BCUT2D eigenvalue weighted by Crippen LogP contribution is -2.36. The van der Waals surface area contributed by atoms with E-state index >= 15 is 0 Å². The van der Waals surface area contributed by atoms with E-state index in [1.807, 2.05) is 36.1 Å². The highest BCUT2D eigenvalue weighted by Gasteiger charge is 2.38. The molecule has 26 heavy (non-hydrogen) atoms. The molecule has 1 amide bonds. The van der Waals surface area contributed by atoms with Crippen molar-refractivity contribution in [2.45, 2.75) is 43.5 Å². The van der Waals surface area contributed by atoms with Crippen LogP contribution in [0, 0.1) is 0 Å². The summed E-state index contributed by atoms with van der Waals surface area (Å²) in [6.07, 6.45) is 2.53. The Morgan fingerprint density at radius 1 is 1.00 bits per heavy atom. The first kappa shape index (κ1) is 15.9. The number of benzene rings is 2. The molecule has 3 aliphatic heterocycles. The van der Waals surface area contributed by atoms with E-state index in [2.05, 4.69) is 0 Å². The first-order valence-electron chi connectivity index (χ1n) is 9.05. The quantitative estimate of drug-likeness (QED) is 0.819. The van der Waals surface area contributed by atoms with Crippen LogP contribution >= 0.6 is 0 Å². The third kappa shape index (κ3) is 2.08. The molecule has 0 spiro atoms. The summed E-state index contributed by atoms with van der Waals surface area (Å²) in [5.74, 6) is 0.147. The van der Waals surface area contributed by atoms with Crippen molar-refractivity contribution in [2.75, 3.05) is 15.7 Å². The van der Waals surface area contributed by atoms with Crippen LogP contribution in [0.5, 0.6) is 0 Å². The van der Waals surface area contributed by atoms with Gasteiger partial charge in [0, 0.05) is 19.0 Å². The van der Waals surface area contributed by atoms with Gasteiger partial charge in [0.05, 0.1) is 16.3 Å². The Morgan fingerprint density at radius 2 is 1.73 bits per heavy atom. The fourth-order valence-electron chi connectivity index (χ4n) is 4.59. The average Bonchev–Trinajstić information content (AvgIpc) is 3.19. The summed E-state index contributed by atoms with van der Waals surface area (Å²) in [5, 5.41) is 0. The van der Waals surface area contributed by atoms with Crippen LogP contribution in [0.3, 0.4) is 0 Å². The maximum atomic E-state index is 13.5. The van der Waals surface area contributed by atoms with Gasteiger partial charge >= 0.3 is 0 Å². The lowest BCUT2D eigenvalue weighted by atomic mass is 10.00. The third-order valence-electron chi connectivity index (χ3n) is 5.73. The maximum absolute atomic E-state index is 13.5. The second-order valence-electron chi connectivity index (χ2n) is 7.37. The summed E-state index contributed by atoms with van der Waals surface area (Å²) >= 11 is 0. The minimum Gasteiger partial charge on any atom is -0.312 e. The zero-order chi connectivity index (χ0) is 18.1. The smallest absolute Gasteiger partial charge is 0.264 e. The number of nitrogens with zero attached hydrogens (tertiary/aromatic N) is 2. The number of aryl methyl sites for hydroxylation is 1. The van der Waals surface area contributed by atoms with E-state index in [-0.39, 0.29) is 11.9 Å². The molecule has 5 rings (SSSR count). The fourth-order valence-corrected chi connectivity index (χ4v) is 6.39. The van der Waals surface area contributed by atoms with E-state index in [9.17, 15) is 13.2 Å². The van der Waals surface area contributed by atoms with Crippen LogP contribution < -0.4 is 9.21 Å². The van der Waals surface area contributed by atoms with Crippen LogP contribution in [0.15, 0.2) is 41.3 Å². The number of hydrogen-bond donors (Lipinski definition) is 0. The van der Waals surface area contributed by atoms with Gasteiger partial charge in [-0.2, -0.15) is 0 Å². The fraction of sp³-hybridized carbons (Fsp3) is 0.350. The summed E-state index contributed by atoms with van der Waals surface area (Å²) in [7, 11) is -3.63. The molecule has 0 saturated heterocycles. The summed E-state index contributed by atoms with van der Waals surface area (Å²) in [6.45, 7) is 2.61. The van der Waals surface area contributed by atoms with Crippen molar-refractivity contribution in [3.63, 3.8) is 0 Å². The topological polar surface area (TPSA) is 57.7 Å². The summed E-state index contributed by atoms with van der Waals surface area (Å²) in [6, 6.07) is 11.2. The molecule has 3 aliphatic rings. The van der Waals surface area contributed by atoms with Crippen LogP contribution in [0.1, 0.15) is 30.0 Å². The molecule has 0 radical (unpaired) electrons. The molecule has 3 heterocycles. The lowest BCUT2D eigenvalue weighted by molar-refractivity contribution is -0.118. The molecule has 1 unspecified atom stereocenters. The Balaban J connectivity index is 1.64. The van der Waals surface area contributed by atoms with Gasteiger partial charge < -0.3 is 4.90 Å². The zero-order valence-electron chi connectivity index (χ0n) is 14.6. The zero-order valence-corrected chi connectivity index (χ0v) is 15.4. The summed E-state index contributed by atoms with van der Waals surface area (Å²) in [5.41, 5.74) is 4.77. The maximum Gasteiger partial charge on any atom is 0.264 e. The van der Waals surface area contributed by atoms with Crippen molar-refractivity contribution in [1.29, 1.82) is 0 Å². The van der Waals surface area contributed by atoms with Crippen molar-refractivity contribution in [2.24, 2.45) is 0 Å². The van der Waals surface area contributed by atoms with Crippen molar-refractivity contribution in [1.82, 2.24) is 0 Å². The predicted molar refractivity (Wildman–Crippen MR) is 100 cm³/mol. The Morgan fingerprint density at radius 3 is 2.54 bits per heavy atom. The molecular weight excluding hydrogens is 348 g/mol. The number of anilines is 2. The van der Waals surface area contributed by atoms with Gasteiger partial charge in [0.1, 0.15) is 0 Å². The first-order valence-corrected chi connectivity index (χ1v) is 10.5. The largest absolute Gasteiger partial charge is 0.312 e. The van der Waals surface area contributed by atoms with E-state index in [0.717, 1.165) is 40.9 Å². The number of para-hydroxylation sites is 1.